The summed E-state index contributed by atoms with van der Waals surface area (Å²) in [6.45, 7) is 6.32. The van der Waals surface area contributed by atoms with Crippen LogP contribution in [0.2, 0.25) is 0 Å². The molecule has 2 nitrogen and oxygen atoms in total. The van der Waals surface area contributed by atoms with Crippen LogP contribution in [0.4, 0.5) is 0 Å². The van der Waals surface area contributed by atoms with Gasteiger partial charge in [-0.2, -0.15) is 11.8 Å². The van der Waals surface area contributed by atoms with Crippen molar-refractivity contribution in [2.24, 2.45) is 5.92 Å². The minimum absolute atomic E-state index is 0.365. The van der Waals surface area contributed by atoms with E-state index in [1.165, 1.54) is 44.0 Å². The van der Waals surface area contributed by atoms with Crippen molar-refractivity contribution < 1.29 is 5.11 Å². The molecular weight excluding hydrogens is 194 g/mol. The third-order valence-electron chi connectivity index (χ3n) is 2.87. The van der Waals surface area contributed by atoms with Crippen LogP contribution < -0.4 is 0 Å². The Balaban J connectivity index is 1.98. The third kappa shape index (κ3) is 4.67. The van der Waals surface area contributed by atoms with Crippen LogP contribution in [0.15, 0.2) is 0 Å². The Bertz CT molecular complexity index is 143. The maximum atomic E-state index is 8.84. The van der Waals surface area contributed by atoms with Crippen LogP contribution in [0.3, 0.4) is 0 Å². The number of hydrogen-bond donors (Lipinski definition) is 1. The van der Waals surface area contributed by atoms with Gasteiger partial charge in [0.1, 0.15) is 0 Å². The predicted molar refractivity (Wildman–Crippen MR) is 63.9 cm³/mol. The van der Waals surface area contributed by atoms with Crippen LogP contribution in [0.25, 0.3) is 0 Å². The van der Waals surface area contributed by atoms with Crippen molar-refractivity contribution in [1.29, 1.82) is 0 Å². The number of nitrogens with zero attached hydrogens (tertiary/aromatic N) is 1. The van der Waals surface area contributed by atoms with Gasteiger partial charge in [0.05, 0.1) is 0 Å². The Labute approximate surface area is 92.1 Å². The second-order valence-electron chi connectivity index (χ2n) is 4.02. The maximum Gasteiger partial charge on any atom is 0.0434 e. The summed E-state index contributed by atoms with van der Waals surface area (Å²) >= 11 is 2.04. The molecule has 0 spiro atoms. The highest BCUT2D eigenvalue weighted by atomic mass is 32.2. The Hall–Kier alpha value is 0.270. The zero-order chi connectivity index (χ0) is 10.2. The van der Waals surface area contributed by atoms with E-state index < -0.39 is 0 Å². The first kappa shape index (κ1) is 12.3. The quantitative estimate of drug-likeness (QED) is 0.658. The van der Waals surface area contributed by atoms with Crippen molar-refractivity contribution in [2.75, 3.05) is 37.7 Å². The molecule has 1 N–H and O–H groups in total. The lowest BCUT2D eigenvalue weighted by molar-refractivity contribution is 0.251. The van der Waals surface area contributed by atoms with Crippen molar-refractivity contribution >= 4 is 11.8 Å². The predicted octanol–water partition coefficient (Wildman–Crippen LogP) is 1.83. The van der Waals surface area contributed by atoms with Crippen LogP contribution in [0.5, 0.6) is 0 Å². The molecule has 3 heteroatoms. The number of likely N-dealkylation sites (tertiary alicyclic amines) is 1. The largest absolute Gasteiger partial charge is 0.396 e. The smallest absolute Gasteiger partial charge is 0.0434 e. The van der Waals surface area contributed by atoms with E-state index in [9.17, 15) is 0 Å². The number of rotatable bonds is 7. The molecule has 14 heavy (non-hydrogen) atoms. The summed E-state index contributed by atoms with van der Waals surface area (Å²) in [5, 5.41) is 8.84. The molecule has 0 saturated carbocycles. The van der Waals surface area contributed by atoms with Gasteiger partial charge in [0.15, 0.2) is 0 Å². The molecule has 1 rings (SSSR count). The molecule has 0 aliphatic carbocycles. The van der Waals surface area contributed by atoms with E-state index in [1.54, 1.807) is 0 Å². The summed E-state index contributed by atoms with van der Waals surface area (Å²) < 4.78 is 0. The number of thioether (sulfide) groups is 1. The van der Waals surface area contributed by atoms with Gasteiger partial charge in [0.25, 0.3) is 0 Å². The van der Waals surface area contributed by atoms with Crippen LogP contribution in [-0.4, -0.2) is 47.8 Å². The van der Waals surface area contributed by atoms with Crippen LogP contribution in [0.1, 0.15) is 26.2 Å². The molecule has 1 heterocycles. The first-order valence-corrected chi connectivity index (χ1v) is 6.93. The van der Waals surface area contributed by atoms with Gasteiger partial charge in [-0.25, -0.2) is 0 Å². The van der Waals surface area contributed by atoms with Crippen molar-refractivity contribution in [3.8, 4) is 0 Å². The summed E-state index contributed by atoms with van der Waals surface area (Å²) in [7, 11) is 0. The normalized spacial score (nSPS) is 23.1. The first-order chi connectivity index (χ1) is 6.86. The van der Waals surface area contributed by atoms with Crippen molar-refractivity contribution in [1.82, 2.24) is 4.90 Å². The average molecular weight is 217 g/mol. The van der Waals surface area contributed by atoms with Gasteiger partial charge in [-0.3, -0.25) is 0 Å². The minimum atomic E-state index is 0.365. The monoisotopic (exact) mass is 217 g/mol. The number of hydrogen-bond acceptors (Lipinski definition) is 3. The highest BCUT2D eigenvalue weighted by molar-refractivity contribution is 7.99. The molecule has 0 radical (unpaired) electrons. The highest BCUT2D eigenvalue weighted by Gasteiger charge is 2.20. The lowest BCUT2D eigenvalue weighted by atomic mass is 10.1. The van der Waals surface area contributed by atoms with Crippen molar-refractivity contribution in [3.63, 3.8) is 0 Å². The topological polar surface area (TPSA) is 23.5 Å². The molecule has 84 valence electrons. The molecule has 1 aliphatic rings. The standard InChI is InChI=1S/C11H23NOS/c1-2-14-9-3-6-12-7-4-11(10-12)5-8-13/h11,13H,2-10H2,1H3. The number of aliphatic hydroxyl groups is 1. The summed E-state index contributed by atoms with van der Waals surface area (Å²) in [5.41, 5.74) is 0. The zero-order valence-corrected chi connectivity index (χ0v) is 10.1. The molecule has 1 atom stereocenters. The average Bonchev–Trinajstić information content (AvgIpc) is 2.61. The van der Waals surface area contributed by atoms with Gasteiger partial charge in [0.2, 0.25) is 0 Å². The Morgan fingerprint density at radius 3 is 3.07 bits per heavy atom. The fourth-order valence-electron chi connectivity index (χ4n) is 2.07. The molecule has 0 amide bonds. The van der Waals surface area contributed by atoms with Crippen LogP contribution in [0, 0.1) is 5.92 Å². The van der Waals surface area contributed by atoms with E-state index in [-0.39, 0.29) is 0 Å². The van der Waals surface area contributed by atoms with E-state index in [0.29, 0.717) is 6.61 Å². The van der Waals surface area contributed by atoms with Gasteiger partial charge in [0, 0.05) is 13.2 Å². The Morgan fingerprint density at radius 2 is 2.36 bits per heavy atom. The van der Waals surface area contributed by atoms with Crippen LogP contribution >= 0.6 is 11.8 Å². The van der Waals surface area contributed by atoms with E-state index in [4.69, 9.17) is 5.11 Å². The van der Waals surface area contributed by atoms with Crippen LogP contribution in [-0.2, 0) is 0 Å². The van der Waals surface area contributed by atoms with Crippen molar-refractivity contribution in [3.05, 3.63) is 0 Å². The lowest BCUT2D eigenvalue weighted by Gasteiger charge is -2.15. The maximum absolute atomic E-state index is 8.84. The fourth-order valence-corrected chi connectivity index (χ4v) is 2.69. The Kier molecular flexibility index (Phi) is 6.65. The first-order valence-electron chi connectivity index (χ1n) is 5.77. The third-order valence-corrected chi connectivity index (χ3v) is 3.86. The van der Waals surface area contributed by atoms with E-state index in [0.717, 1.165) is 12.3 Å². The molecular formula is C11H23NOS. The molecule has 0 aromatic rings. The second kappa shape index (κ2) is 7.55. The SMILES string of the molecule is CCSCCCN1CCC(CCO)C1. The van der Waals surface area contributed by atoms with Gasteiger partial charge >= 0.3 is 0 Å². The molecule has 1 saturated heterocycles. The van der Waals surface area contributed by atoms with E-state index in [1.807, 2.05) is 11.8 Å². The van der Waals surface area contributed by atoms with Gasteiger partial charge in [-0.15, -0.1) is 0 Å². The fraction of sp³-hybridized carbons (Fsp3) is 1.00. The van der Waals surface area contributed by atoms with Gasteiger partial charge < -0.3 is 10.0 Å². The molecule has 0 bridgehead atoms. The Morgan fingerprint density at radius 1 is 1.50 bits per heavy atom. The zero-order valence-electron chi connectivity index (χ0n) is 9.24. The molecule has 1 aliphatic heterocycles. The summed E-state index contributed by atoms with van der Waals surface area (Å²) in [4.78, 5) is 2.55. The summed E-state index contributed by atoms with van der Waals surface area (Å²) in [6.07, 6.45) is 3.62. The molecule has 1 unspecified atom stereocenters. The number of aliphatic hydroxyl groups excluding tert-OH is 1. The van der Waals surface area contributed by atoms with Crippen molar-refractivity contribution in [2.45, 2.75) is 26.2 Å². The summed E-state index contributed by atoms with van der Waals surface area (Å²) in [6, 6.07) is 0. The molecule has 0 aromatic carbocycles. The molecule has 1 fully saturated rings. The second-order valence-corrected chi connectivity index (χ2v) is 5.41. The highest BCUT2D eigenvalue weighted by Crippen LogP contribution is 2.19. The van der Waals surface area contributed by atoms with E-state index >= 15 is 0 Å². The van der Waals surface area contributed by atoms with Gasteiger partial charge in [-0.1, -0.05) is 6.92 Å². The van der Waals surface area contributed by atoms with Gasteiger partial charge in [-0.05, 0) is 49.8 Å². The minimum Gasteiger partial charge on any atom is -0.396 e. The van der Waals surface area contributed by atoms with E-state index in [2.05, 4.69) is 11.8 Å². The molecule has 0 aromatic heterocycles. The summed E-state index contributed by atoms with van der Waals surface area (Å²) in [5.74, 6) is 3.31. The lowest BCUT2D eigenvalue weighted by Crippen LogP contribution is -2.22.